The van der Waals surface area contributed by atoms with Crippen LogP contribution in [0, 0.1) is 0 Å². The molecule has 0 aliphatic carbocycles. The fourth-order valence-corrected chi connectivity index (χ4v) is 2.96. The lowest BCUT2D eigenvalue weighted by Gasteiger charge is -2.13. The summed E-state index contributed by atoms with van der Waals surface area (Å²) in [5.74, 6) is 1.47. The third-order valence-electron chi connectivity index (χ3n) is 3.57. The predicted octanol–water partition coefficient (Wildman–Crippen LogP) is 5.43. The Bertz CT molecular complexity index is 745. The highest BCUT2D eigenvalue weighted by atomic mass is 79.9. The molecule has 1 heterocycles. The molecule has 0 atom stereocenters. The minimum Gasteiger partial charge on any atom is -0.299 e. The summed E-state index contributed by atoms with van der Waals surface area (Å²) in [5, 5.41) is 0. The number of rotatable bonds is 3. The molecule has 0 fully saturated rings. The topological polar surface area (TPSA) is 17.8 Å². The van der Waals surface area contributed by atoms with Crippen LogP contribution in [0.2, 0.25) is 0 Å². The summed E-state index contributed by atoms with van der Waals surface area (Å²) < 4.78 is 3.20. The lowest BCUT2D eigenvalue weighted by Crippen LogP contribution is -1.98. The van der Waals surface area contributed by atoms with Gasteiger partial charge in [0.25, 0.3) is 0 Å². The zero-order chi connectivity index (χ0) is 14.8. The summed E-state index contributed by atoms with van der Waals surface area (Å²) in [7, 11) is 0. The van der Waals surface area contributed by atoms with Crippen LogP contribution in [-0.4, -0.2) is 9.55 Å². The Hall–Kier alpha value is -1.87. The minimum absolute atomic E-state index is 0.520. The van der Waals surface area contributed by atoms with E-state index >= 15 is 0 Å². The molecule has 0 spiro atoms. The maximum Gasteiger partial charge on any atom is 0.144 e. The average Bonchev–Trinajstić information content (AvgIpc) is 2.97. The fourth-order valence-electron chi connectivity index (χ4n) is 2.38. The van der Waals surface area contributed by atoms with E-state index in [0.717, 1.165) is 21.5 Å². The van der Waals surface area contributed by atoms with Crippen molar-refractivity contribution >= 4 is 15.9 Å². The zero-order valence-corrected chi connectivity index (χ0v) is 13.7. The van der Waals surface area contributed by atoms with E-state index in [9.17, 15) is 0 Å². The van der Waals surface area contributed by atoms with Crippen molar-refractivity contribution < 1.29 is 0 Å². The van der Waals surface area contributed by atoms with Gasteiger partial charge in [-0.3, -0.25) is 4.57 Å². The van der Waals surface area contributed by atoms with Crippen LogP contribution >= 0.6 is 15.9 Å². The van der Waals surface area contributed by atoms with Gasteiger partial charge in [-0.2, -0.15) is 0 Å². The zero-order valence-electron chi connectivity index (χ0n) is 12.1. The molecule has 0 radical (unpaired) electrons. The van der Waals surface area contributed by atoms with Gasteiger partial charge in [0.2, 0.25) is 0 Å². The molecule has 106 valence electrons. The Morgan fingerprint density at radius 3 is 2.48 bits per heavy atom. The number of imidazole rings is 1. The van der Waals surface area contributed by atoms with Gasteiger partial charge < -0.3 is 0 Å². The van der Waals surface area contributed by atoms with Gasteiger partial charge in [-0.1, -0.05) is 50.2 Å². The monoisotopic (exact) mass is 340 g/mol. The van der Waals surface area contributed by atoms with Gasteiger partial charge in [0.15, 0.2) is 0 Å². The molecule has 0 N–H and O–H groups in total. The van der Waals surface area contributed by atoms with Crippen molar-refractivity contribution in [1.82, 2.24) is 9.55 Å². The third kappa shape index (κ3) is 2.79. The Balaban J connectivity index is 2.09. The van der Waals surface area contributed by atoms with Crippen LogP contribution in [0.15, 0.2) is 65.4 Å². The van der Waals surface area contributed by atoms with Crippen LogP contribution in [0.4, 0.5) is 0 Å². The molecule has 0 bridgehead atoms. The van der Waals surface area contributed by atoms with E-state index < -0.39 is 0 Å². The highest BCUT2D eigenvalue weighted by molar-refractivity contribution is 9.10. The van der Waals surface area contributed by atoms with Crippen LogP contribution in [0.5, 0.6) is 0 Å². The van der Waals surface area contributed by atoms with Gasteiger partial charge >= 0.3 is 0 Å². The number of halogens is 1. The van der Waals surface area contributed by atoms with Crippen molar-refractivity contribution in [2.75, 3.05) is 0 Å². The summed E-state index contributed by atoms with van der Waals surface area (Å²) in [4.78, 5) is 4.50. The SMILES string of the molecule is CC(C)c1ccc(-n2ccnc2-c2ccccc2)c(Br)c1. The average molecular weight is 341 g/mol. The third-order valence-corrected chi connectivity index (χ3v) is 4.21. The van der Waals surface area contributed by atoms with E-state index in [-0.39, 0.29) is 0 Å². The second kappa shape index (κ2) is 5.86. The predicted molar refractivity (Wildman–Crippen MR) is 90.8 cm³/mol. The van der Waals surface area contributed by atoms with Gasteiger partial charge in [-0.15, -0.1) is 0 Å². The number of hydrogen-bond acceptors (Lipinski definition) is 1. The van der Waals surface area contributed by atoms with Crippen LogP contribution in [-0.2, 0) is 0 Å². The number of nitrogens with zero attached hydrogens (tertiary/aromatic N) is 2. The molecule has 0 saturated heterocycles. The number of aromatic nitrogens is 2. The van der Waals surface area contributed by atoms with Gasteiger partial charge in [-0.25, -0.2) is 4.98 Å². The highest BCUT2D eigenvalue weighted by Crippen LogP contribution is 2.29. The summed E-state index contributed by atoms with van der Waals surface area (Å²) in [6.07, 6.45) is 3.84. The van der Waals surface area contributed by atoms with Crippen LogP contribution in [0.3, 0.4) is 0 Å². The van der Waals surface area contributed by atoms with E-state index in [1.807, 2.05) is 30.6 Å². The van der Waals surface area contributed by atoms with Crippen molar-refractivity contribution in [3.63, 3.8) is 0 Å². The standard InChI is InChI=1S/C18H17BrN2/c1-13(2)15-8-9-17(16(19)12-15)21-11-10-20-18(21)14-6-4-3-5-7-14/h3-13H,1-2H3. The van der Waals surface area contributed by atoms with Crippen LogP contribution in [0.25, 0.3) is 17.1 Å². The molecule has 2 nitrogen and oxygen atoms in total. The second-order valence-electron chi connectivity index (χ2n) is 5.35. The Morgan fingerprint density at radius 2 is 1.81 bits per heavy atom. The van der Waals surface area contributed by atoms with Gasteiger partial charge in [0, 0.05) is 22.4 Å². The first-order chi connectivity index (χ1) is 10.2. The lowest BCUT2D eigenvalue weighted by molar-refractivity contribution is 0.864. The maximum absolute atomic E-state index is 4.50. The molecule has 2 aromatic carbocycles. The van der Waals surface area contributed by atoms with Gasteiger partial charge in [-0.05, 0) is 39.5 Å². The molecule has 3 rings (SSSR count). The largest absolute Gasteiger partial charge is 0.299 e. The summed E-state index contributed by atoms with van der Waals surface area (Å²) in [6.45, 7) is 4.40. The summed E-state index contributed by atoms with van der Waals surface area (Å²) in [5.41, 5.74) is 3.55. The van der Waals surface area contributed by atoms with E-state index in [2.05, 4.69) is 69.7 Å². The van der Waals surface area contributed by atoms with Crippen LogP contribution < -0.4 is 0 Å². The summed E-state index contributed by atoms with van der Waals surface area (Å²) >= 11 is 3.69. The van der Waals surface area contributed by atoms with Gasteiger partial charge in [0.05, 0.1) is 5.69 Å². The molecule has 3 heteroatoms. The molecule has 0 amide bonds. The molecule has 21 heavy (non-hydrogen) atoms. The highest BCUT2D eigenvalue weighted by Gasteiger charge is 2.11. The minimum atomic E-state index is 0.520. The molecule has 0 saturated carbocycles. The number of hydrogen-bond donors (Lipinski definition) is 0. The maximum atomic E-state index is 4.50. The van der Waals surface area contributed by atoms with E-state index in [4.69, 9.17) is 0 Å². The Morgan fingerprint density at radius 1 is 1.05 bits per heavy atom. The second-order valence-corrected chi connectivity index (χ2v) is 6.21. The van der Waals surface area contributed by atoms with Crippen molar-refractivity contribution in [3.8, 4) is 17.1 Å². The van der Waals surface area contributed by atoms with Crippen molar-refractivity contribution in [1.29, 1.82) is 0 Å². The quantitative estimate of drug-likeness (QED) is 0.621. The lowest BCUT2D eigenvalue weighted by atomic mass is 10.0. The first-order valence-corrected chi connectivity index (χ1v) is 7.84. The van der Waals surface area contributed by atoms with E-state index in [1.54, 1.807) is 0 Å². The summed E-state index contributed by atoms with van der Waals surface area (Å²) in [6, 6.07) is 16.8. The van der Waals surface area contributed by atoms with Crippen molar-refractivity contribution in [2.45, 2.75) is 19.8 Å². The number of benzene rings is 2. The van der Waals surface area contributed by atoms with E-state index in [1.165, 1.54) is 5.56 Å². The Kier molecular flexibility index (Phi) is 3.93. The molecule has 0 aliphatic heterocycles. The molecule has 0 unspecified atom stereocenters. The molecule has 1 aromatic heterocycles. The Labute approximate surface area is 133 Å². The first-order valence-electron chi connectivity index (χ1n) is 7.05. The molecule has 3 aromatic rings. The van der Waals surface area contributed by atoms with Crippen molar-refractivity contribution in [3.05, 3.63) is 71.0 Å². The molecule has 0 aliphatic rings. The fraction of sp³-hybridized carbons (Fsp3) is 0.167. The normalized spacial score (nSPS) is 11.0. The molecular formula is C18H17BrN2. The van der Waals surface area contributed by atoms with Crippen molar-refractivity contribution in [2.24, 2.45) is 0 Å². The smallest absolute Gasteiger partial charge is 0.144 e. The van der Waals surface area contributed by atoms with Crippen LogP contribution in [0.1, 0.15) is 25.3 Å². The van der Waals surface area contributed by atoms with Gasteiger partial charge in [0.1, 0.15) is 5.82 Å². The van der Waals surface area contributed by atoms with E-state index in [0.29, 0.717) is 5.92 Å². The molecular weight excluding hydrogens is 324 g/mol. The first kappa shape index (κ1) is 14.1.